The average molecular weight is 427 g/mol. The summed E-state index contributed by atoms with van der Waals surface area (Å²) in [6, 6.07) is 17.1. The van der Waals surface area contributed by atoms with Crippen molar-refractivity contribution in [2.45, 2.75) is 29.0 Å². The second kappa shape index (κ2) is 9.87. The van der Waals surface area contributed by atoms with Gasteiger partial charge in [-0.05, 0) is 42.7 Å². The molecule has 1 aliphatic heterocycles. The summed E-state index contributed by atoms with van der Waals surface area (Å²) in [6.07, 6.45) is 2.52. The smallest absolute Gasteiger partial charge is 0.255 e. The Bertz CT molecular complexity index is 925. The van der Waals surface area contributed by atoms with Crippen LogP contribution in [0.25, 0.3) is 0 Å². The maximum absolute atomic E-state index is 12.3. The summed E-state index contributed by atoms with van der Waals surface area (Å²) in [5.41, 5.74) is 2.56. The first-order chi connectivity index (χ1) is 14.3. The lowest BCUT2D eigenvalue weighted by Gasteiger charge is -2.08. The Labute approximate surface area is 178 Å². The molecule has 1 aromatic heterocycles. The molecule has 0 aliphatic carbocycles. The molecule has 2 aromatic carbocycles. The zero-order chi connectivity index (χ0) is 19.9. The standard InChI is InChI=1S/C21H22N4O2S2/c26-19(23-17-5-2-1-3-6-17)16-10-8-15(9-11-16)14-28-21-25-24-20(29-21)22-13-18-7-4-12-27-18/h1-3,5-6,8-11,18H,4,7,12-14H2,(H,22,24)(H,23,26)/t18-/m1/s1. The number of rotatable bonds is 8. The van der Waals surface area contributed by atoms with E-state index in [-0.39, 0.29) is 12.0 Å². The Morgan fingerprint density at radius 3 is 2.72 bits per heavy atom. The van der Waals surface area contributed by atoms with E-state index in [0.29, 0.717) is 5.56 Å². The molecule has 0 bridgehead atoms. The molecule has 1 fully saturated rings. The molecule has 3 aromatic rings. The first-order valence-electron chi connectivity index (χ1n) is 9.53. The zero-order valence-electron chi connectivity index (χ0n) is 15.8. The number of thioether (sulfide) groups is 1. The molecule has 0 radical (unpaired) electrons. The van der Waals surface area contributed by atoms with Crippen LogP contribution >= 0.6 is 23.1 Å². The van der Waals surface area contributed by atoms with E-state index in [4.69, 9.17) is 4.74 Å². The number of carbonyl (C=O) groups is 1. The molecule has 1 atom stereocenters. The fourth-order valence-electron chi connectivity index (χ4n) is 2.97. The number of aromatic nitrogens is 2. The number of anilines is 2. The lowest BCUT2D eigenvalue weighted by Crippen LogP contribution is -2.18. The van der Waals surface area contributed by atoms with E-state index in [0.717, 1.165) is 52.5 Å². The van der Waals surface area contributed by atoms with Crippen LogP contribution in [0.3, 0.4) is 0 Å². The van der Waals surface area contributed by atoms with Crippen LogP contribution < -0.4 is 10.6 Å². The Hall–Kier alpha value is -2.42. The molecular weight excluding hydrogens is 404 g/mol. The number of amides is 1. The number of hydrogen-bond donors (Lipinski definition) is 2. The van der Waals surface area contributed by atoms with E-state index in [9.17, 15) is 4.79 Å². The second-order valence-corrected chi connectivity index (χ2v) is 8.89. The Kier molecular flexibility index (Phi) is 6.76. The summed E-state index contributed by atoms with van der Waals surface area (Å²) < 4.78 is 6.53. The quantitative estimate of drug-likeness (QED) is 0.510. The zero-order valence-corrected chi connectivity index (χ0v) is 17.5. The van der Waals surface area contributed by atoms with Crippen molar-refractivity contribution in [1.82, 2.24) is 10.2 Å². The molecule has 4 rings (SSSR count). The minimum Gasteiger partial charge on any atom is -0.376 e. The van der Waals surface area contributed by atoms with E-state index < -0.39 is 0 Å². The Morgan fingerprint density at radius 2 is 1.97 bits per heavy atom. The molecule has 1 amide bonds. The van der Waals surface area contributed by atoms with Crippen LogP contribution in [-0.2, 0) is 10.5 Å². The van der Waals surface area contributed by atoms with Gasteiger partial charge in [0, 0.05) is 30.2 Å². The minimum absolute atomic E-state index is 0.110. The van der Waals surface area contributed by atoms with Gasteiger partial charge in [-0.15, -0.1) is 10.2 Å². The number of carbonyl (C=O) groups excluding carboxylic acids is 1. The third-order valence-corrected chi connectivity index (χ3v) is 6.61. The molecule has 8 heteroatoms. The highest BCUT2D eigenvalue weighted by atomic mass is 32.2. The highest BCUT2D eigenvalue weighted by Gasteiger charge is 2.16. The first kappa shape index (κ1) is 19.9. The van der Waals surface area contributed by atoms with E-state index in [1.807, 2.05) is 54.6 Å². The topological polar surface area (TPSA) is 76.1 Å². The lowest BCUT2D eigenvalue weighted by atomic mass is 10.1. The summed E-state index contributed by atoms with van der Waals surface area (Å²) in [5.74, 6) is 0.669. The van der Waals surface area contributed by atoms with Crippen molar-refractivity contribution in [3.8, 4) is 0 Å². The first-order valence-corrected chi connectivity index (χ1v) is 11.3. The molecule has 0 saturated carbocycles. The van der Waals surface area contributed by atoms with Gasteiger partial charge in [-0.2, -0.15) is 0 Å². The van der Waals surface area contributed by atoms with Crippen molar-refractivity contribution in [2.75, 3.05) is 23.8 Å². The second-order valence-electron chi connectivity index (χ2n) is 6.69. The van der Waals surface area contributed by atoms with Gasteiger partial charge in [0.15, 0.2) is 4.34 Å². The van der Waals surface area contributed by atoms with Crippen molar-refractivity contribution >= 4 is 39.8 Å². The van der Waals surface area contributed by atoms with Crippen molar-refractivity contribution in [3.63, 3.8) is 0 Å². The molecule has 2 N–H and O–H groups in total. The third-order valence-electron chi connectivity index (χ3n) is 4.52. The van der Waals surface area contributed by atoms with Gasteiger partial charge in [-0.25, -0.2) is 0 Å². The van der Waals surface area contributed by atoms with Crippen molar-refractivity contribution in [2.24, 2.45) is 0 Å². The lowest BCUT2D eigenvalue weighted by molar-refractivity contribution is 0.102. The van der Waals surface area contributed by atoms with Crippen LogP contribution in [0.1, 0.15) is 28.8 Å². The van der Waals surface area contributed by atoms with Crippen LogP contribution in [0.5, 0.6) is 0 Å². The fourth-order valence-corrected chi connectivity index (χ4v) is 4.68. The predicted molar refractivity (Wildman–Crippen MR) is 118 cm³/mol. The van der Waals surface area contributed by atoms with Gasteiger partial charge in [0.05, 0.1) is 6.10 Å². The van der Waals surface area contributed by atoms with Gasteiger partial charge in [-0.3, -0.25) is 4.79 Å². The summed E-state index contributed by atoms with van der Waals surface area (Å²) in [4.78, 5) is 12.3. The Morgan fingerprint density at radius 1 is 1.14 bits per heavy atom. The van der Waals surface area contributed by atoms with E-state index in [1.165, 1.54) is 0 Å². The van der Waals surface area contributed by atoms with Gasteiger partial charge in [-0.1, -0.05) is 53.4 Å². The predicted octanol–water partition coefficient (Wildman–Crippen LogP) is 4.67. The summed E-state index contributed by atoms with van der Waals surface area (Å²) in [7, 11) is 0. The number of ether oxygens (including phenoxy) is 1. The van der Waals surface area contributed by atoms with Gasteiger partial charge >= 0.3 is 0 Å². The number of para-hydroxylation sites is 1. The van der Waals surface area contributed by atoms with Crippen molar-refractivity contribution in [3.05, 3.63) is 65.7 Å². The maximum atomic E-state index is 12.3. The third kappa shape index (κ3) is 5.79. The van der Waals surface area contributed by atoms with Crippen molar-refractivity contribution in [1.29, 1.82) is 0 Å². The highest BCUT2D eigenvalue weighted by molar-refractivity contribution is 8.00. The fraction of sp³-hybridized carbons (Fsp3) is 0.286. The van der Waals surface area contributed by atoms with E-state index in [2.05, 4.69) is 20.8 Å². The number of benzene rings is 2. The van der Waals surface area contributed by atoms with Crippen LogP contribution in [0, 0.1) is 0 Å². The molecule has 0 spiro atoms. The van der Waals surface area contributed by atoms with Gasteiger partial charge < -0.3 is 15.4 Å². The maximum Gasteiger partial charge on any atom is 0.255 e. The van der Waals surface area contributed by atoms with E-state index in [1.54, 1.807) is 23.1 Å². The monoisotopic (exact) mass is 426 g/mol. The molecule has 2 heterocycles. The van der Waals surface area contributed by atoms with Crippen LogP contribution in [0.4, 0.5) is 10.8 Å². The van der Waals surface area contributed by atoms with Crippen LogP contribution in [-0.4, -0.2) is 35.4 Å². The summed E-state index contributed by atoms with van der Waals surface area (Å²) in [5, 5.41) is 15.5. The largest absolute Gasteiger partial charge is 0.376 e. The Balaban J connectivity index is 1.25. The van der Waals surface area contributed by atoms with E-state index >= 15 is 0 Å². The van der Waals surface area contributed by atoms with Gasteiger partial charge in [0.25, 0.3) is 5.91 Å². The van der Waals surface area contributed by atoms with Gasteiger partial charge in [0.2, 0.25) is 5.13 Å². The SMILES string of the molecule is O=C(Nc1ccccc1)c1ccc(CSc2nnc(NC[C@H]3CCCO3)s2)cc1. The van der Waals surface area contributed by atoms with Gasteiger partial charge in [0.1, 0.15) is 0 Å². The number of nitrogens with one attached hydrogen (secondary N) is 2. The number of hydrogen-bond acceptors (Lipinski definition) is 7. The molecule has 6 nitrogen and oxygen atoms in total. The minimum atomic E-state index is -0.110. The normalized spacial score (nSPS) is 15.9. The molecule has 29 heavy (non-hydrogen) atoms. The van der Waals surface area contributed by atoms with Crippen molar-refractivity contribution < 1.29 is 9.53 Å². The highest BCUT2D eigenvalue weighted by Crippen LogP contribution is 2.28. The summed E-state index contributed by atoms with van der Waals surface area (Å²) in [6.45, 7) is 1.64. The molecule has 1 saturated heterocycles. The molecule has 150 valence electrons. The number of nitrogens with zero attached hydrogens (tertiary/aromatic N) is 2. The molecule has 0 unspecified atom stereocenters. The van der Waals surface area contributed by atoms with Crippen LogP contribution in [0.2, 0.25) is 0 Å². The van der Waals surface area contributed by atoms with Crippen LogP contribution in [0.15, 0.2) is 58.9 Å². The molecular formula is C21H22N4O2S2. The average Bonchev–Trinajstić information content (AvgIpc) is 3.44. The molecule has 1 aliphatic rings. The summed E-state index contributed by atoms with van der Waals surface area (Å²) >= 11 is 3.20.